The van der Waals surface area contributed by atoms with Crippen molar-refractivity contribution < 1.29 is 23.8 Å². The standard InChI is InChI=1S/C13H12O5/c1-16-10-4-3-8(6-11(10)17-2)5-9-7-18-13(15)12(9)14/h3-6H,7H2,1-2H3/b9-5-. The highest BCUT2D eigenvalue weighted by molar-refractivity contribution is 6.43. The first-order valence-corrected chi connectivity index (χ1v) is 5.29. The van der Waals surface area contributed by atoms with Crippen molar-refractivity contribution in [2.24, 2.45) is 0 Å². The highest BCUT2D eigenvalue weighted by Gasteiger charge is 2.28. The SMILES string of the molecule is COc1ccc(/C=C2/COC(=O)C2=O)cc1OC. The van der Waals surface area contributed by atoms with E-state index in [0.717, 1.165) is 5.56 Å². The van der Waals surface area contributed by atoms with Crippen LogP contribution in [0.3, 0.4) is 0 Å². The molecule has 2 rings (SSSR count). The van der Waals surface area contributed by atoms with Crippen molar-refractivity contribution in [3.05, 3.63) is 29.3 Å². The molecule has 18 heavy (non-hydrogen) atoms. The van der Waals surface area contributed by atoms with Crippen molar-refractivity contribution in [2.75, 3.05) is 20.8 Å². The molecule has 1 saturated heterocycles. The maximum absolute atomic E-state index is 11.4. The van der Waals surface area contributed by atoms with E-state index in [0.29, 0.717) is 17.1 Å². The minimum atomic E-state index is -0.804. The highest BCUT2D eigenvalue weighted by Crippen LogP contribution is 2.28. The molecule has 0 spiro atoms. The molecule has 0 saturated carbocycles. The lowest BCUT2D eigenvalue weighted by Gasteiger charge is -2.07. The average Bonchev–Trinajstić information content (AvgIpc) is 2.70. The fourth-order valence-electron chi connectivity index (χ4n) is 1.66. The molecule has 1 aromatic rings. The number of ether oxygens (including phenoxy) is 3. The van der Waals surface area contributed by atoms with E-state index < -0.39 is 11.8 Å². The van der Waals surface area contributed by atoms with Crippen molar-refractivity contribution in [2.45, 2.75) is 0 Å². The van der Waals surface area contributed by atoms with Crippen LogP contribution in [0.1, 0.15) is 5.56 Å². The van der Waals surface area contributed by atoms with Gasteiger partial charge in [-0.2, -0.15) is 0 Å². The van der Waals surface area contributed by atoms with Crippen molar-refractivity contribution in [3.8, 4) is 11.5 Å². The predicted octanol–water partition coefficient (Wildman–Crippen LogP) is 1.21. The monoisotopic (exact) mass is 248 g/mol. The van der Waals surface area contributed by atoms with Gasteiger partial charge in [-0.15, -0.1) is 0 Å². The van der Waals surface area contributed by atoms with Crippen molar-refractivity contribution in [3.63, 3.8) is 0 Å². The number of benzene rings is 1. The highest BCUT2D eigenvalue weighted by atomic mass is 16.5. The Kier molecular flexibility index (Phi) is 3.32. The van der Waals surface area contributed by atoms with E-state index in [9.17, 15) is 9.59 Å². The second kappa shape index (κ2) is 4.91. The summed E-state index contributed by atoms with van der Waals surface area (Å²) in [4.78, 5) is 22.3. The molecule has 0 radical (unpaired) electrons. The van der Waals surface area contributed by atoms with E-state index in [1.165, 1.54) is 7.11 Å². The van der Waals surface area contributed by atoms with Crippen LogP contribution in [0.2, 0.25) is 0 Å². The molecule has 0 N–H and O–H groups in total. The van der Waals surface area contributed by atoms with Crippen LogP contribution in [0, 0.1) is 0 Å². The molecule has 5 heteroatoms. The smallest absolute Gasteiger partial charge is 0.379 e. The second-order valence-electron chi connectivity index (χ2n) is 3.69. The van der Waals surface area contributed by atoms with Crippen LogP contribution in [0.4, 0.5) is 0 Å². The number of hydrogen-bond acceptors (Lipinski definition) is 5. The van der Waals surface area contributed by atoms with Gasteiger partial charge >= 0.3 is 5.97 Å². The first-order valence-electron chi connectivity index (χ1n) is 5.29. The summed E-state index contributed by atoms with van der Waals surface area (Å²) in [5, 5.41) is 0. The van der Waals surface area contributed by atoms with Gasteiger partial charge in [0.2, 0.25) is 0 Å². The van der Waals surface area contributed by atoms with Gasteiger partial charge in [0.05, 0.1) is 14.2 Å². The number of Topliss-reactive ketones (excluding diaryl/α,β-unsaturated/α-hetero) is 1. The fraction of sp³-hybridized carbons (Fsp3) is 0.231. The largest absolute Gasteiger partial charge is 0.493 e. The minimum absolute atomic E-state index is 0.0199. The minimum Gasteiger partial charge on any atom is -0.493 e. The van der Waals surface area contributed by atoms with Crippen molar-refractivity contribution >= 4 is 17.8 Å². The second-order valence-corrected chi connectivity index (χ2v) is 3.69. The van der Waals surface area contributed by atoms with Crippen LogP contribution in [0.15, 0.2) is 23.8 Å². The molecule has 0 atom stereocenters. The summed E-state index contributed by atoms with van der Waals surface area (Å²) in [5.41, 5.74) is 1.08. The van der Waals surface area contributed by atoms with E-state index in [-0.39, 0.29) is 6.61 Å². The molecule has 0 unspecified atom stereocenters. The maximum atomic E-state index is 11.4. The Morgan fingerprint density at radius 3 is 2.44 bits per heavy atom. The number of cyclic esters (lactones) is 1. The number of rotatable bonds is 3. The van der Waals surface area contributed by atoms with Gasteiger partial charge in [-0.3, -0.25) is 4.79 Å². The molecule has 1 aliphatic rings. The first kappa shape index (κ1) is 12.2. The van der Waals surface area contributed by atoms with Gasteiger partial charge in [0, 0.05) is 5.57 Å². The zero-order valence-electron chi connectivity index (χ0n) is 10.1. The lowest BCUT2D eigenvalue weighted by atomic mass is 10.1. The molecule has 1 heterocycles. The number of esters is 1. The molecule has 0 aromatic heterocycles. The summed E-state index contributed by atoms with van der Waals surface area (Å²) < 4.78 is 14.9. The number of carbonyl (C=O) groups excluding carboxylic acids is 2. The van der Waals surface area contributed by atoms with Crippen LogP contribution < -0.4 is 9.47 Å². The molecular weight excluding hydrogens is 236 g/mol. The number of ketones is 1. The zero-order chi connectivity index (χ0) is 13.1. The number of methoxy groups -OCH3 is 2. The molecule has 1 fully saturated rings. The van der Waals surface area contributed by atoms with Crippen LogP contribution >= 0.6 is 0 Å². The Morgan fingerprint density at radius 2 is 1.89 bits per heavy atom. The Balaban J connectivity index is 2.33. The summed E-state index contributed by atoms with van der Waals surface area (Å²) in [5.74, 6) is -0.235. The van der Waals surface area contributed by atoms with Crippen LogP contribution in [-0.2, 0) is 14.3 Å². The summed E-state index contributed by atoms with van der Waals surface area (Å²) in [6.45, 7) is 0.0199. The summed E-state index contributed by atoms with van der Waals surface area (Å²) >= 11 is 0. The third kappa shape index (κ3) is 2.20. The van der Waals surface area contributed by atoms with Gasteiger partial charge in [-0.1, -0.05) is 6.07 Å². The first-order chi connectivity index (χ1) is 8.65. The Hall–Kier alpha value is -2.30. The van der Waals surface area contributed by atoms with E-state index in [1.807, 2.05) is 0 Å². The molecule has 94 valence electrons. The van der Waals surface area contributed by atoms with Crippen LogP contribution in [0.25, 0.3) is 6.08 Å². The molecule has 0 aliphatic carbocycles. The van der Waals surface area contributed by atoms with Gasteiger partial charge < -0.3 is 14.2 Å². The Bertz CT molecular complexity index is 530. The molecule has 1 aromatic carbocycles. The van der Waals surface area contributed by atoms with Crippen LogP contribution in [0.5, 0.6) is 11.5 Å². The van der Waals surface area contributed by atoms with Gasteiger partial charge in [0.1, 0.15) is 6.61 Å². The lowest BCUT2D eigenvalue weighted by Crippen LogP contribution is -2.06. The van der Waals surface area contributed by atoms with Gasteiger partial charge in [0.25, 0.3) is 5.78 Å². The maximum Gasteiger partial charge on any atom is 0.379 e. The number of hydrogen-bond donors (Lipinski definition) is 0. The summed E-state index contributed by atoms with van der Waals surface area (Å²) in [6.07, 6.45) is 1.61. The molecule has 0 amide bonds. The quantitative estimate of drug-likeness (QED) is 0.457. The van der Waals surface area contributed by atoms with Crippen molar-refractivity contribution in [1.82, 2.24) is 0 Å². The third-order valence-electron chi connectivity index (χ3n) is 2.58. The summed E-state index contributed by atoms with van der Waals surface area (Å²) in [7, 11) is 3.07. The van der Waals surface area contributed by atoms with E-state index >= 15 is 0 Å². The van der Waals surface area contributed by atoms with Gasteiger partial charge in [0.15, 0.2) is 11.5 Å². The molecule has 5 nitrogen and oxygen atoms in total. The predicted molar refractivity (Wildman–Crippen MR) is 63.5 cm³/mol. The lowest BCUT2D eigenvalue weighted by molar-refractivity contribution is -0.146. The Labute approximate surface area is 104 Å². The van der Waals surface area contributed by atoms with E-state index in [2.05, 4.69) is 4.74 Å². The van der Waals surface area contributed by atoms with E-state index in [1.54, 1.807) is 31.4 Å². The molecule has 1 aliphatic heterocycles. The Morgan fingerprint density at radius 1 is 1.17 bits per heavy atom. The molecule has 0 bridgehead atoms. The van der Waals surface area contributed by atoms with Gasteiger partial charge in [-0.05, 0) is 23.8 Å². The topological polar surface area (TPSA) is 61.8 Å². The third-order valence-corrected chi connectivity index (χ3v) is 2.58. The fourth-order valence-corrected chi connectivity index (χ4v) is 1.66. The zero-order valence-corrected chi connectivity index (χ0v) is 10.1. The molecular formula is C13H12O5. The average molecular weight is 248 g/mol. The van der Waals surface area contributed by atoms with Crippen molar-refractivity contribution in [1.29, 1.82) is 0 Å². The normalized spacial score (nSPS) is 16.9. The van der Waals surface area contributed by atoms with E-state index in [4.69, 9.17) is 9.47 Å². The summed E-state index contributed by atoms with van der Waals surface area (Å²) in [6, 6.07) is 5.22. The number of carbonyl (C=O) groups is 2. The van der Waals surface area contributed by atoms with Crippen LogP contribution in [-0.4, -0.2) is 32.6 Å². The van der Waals surface area contributed by atoms with Gasteiger partial charge in [-0.25, -0.2) is 4.79 Å².